The summed E-state index contributed by atoms with van der Waals surface area (Å²) in [6.45, 7) is 7.07. The molecule has 0 aliphatic carbocycles. The quantitative estimate of drug-likeness (QED) is 0.351. The summed E-state index contributed by atoms with van der Waals surface area (Å²) in [5.74, 6) is -0.548. The molecule has 0 amide bonds. The minimum atomic E-state index is -0.647. The molecule has 0 saturated heterocycles. The van der Waals surface area contributed by atoms with Crippen LogP contribution in [0.15, 0.2) is 41.7 Å². The Bertz CT molecular complexity index is 916. The largest absolute Gasteiger partial charge is 0.465 e. The van der Waals surface area contributed by atoms with E-state index in [1.807, 2.05) is 18.2 Å². The van der Waals surface area contributed by atoms with Crippen LogP contribution in [0, 0.1) is 0 Å². The minimum absolute atomic E-state index is 0.259. The number of ether oxygens (including phenoxy) is 2. The summed E-state index contributed by atoms with van der Waals surface area (Å²) in [6.07, 6.45) is 2.59. The van der Waals surface area contributed by atoms with Gasteiger partial charge in [0.25, 0.3) is 0 Å². The van der Waals surface area contributed by atoms with Gasteiger partial charge in [-0.3, -0.25) is 4.57 Å². The predicted molar refractivity (Wildman–Crippen MR) is 104 cm³/mol. The van der Waals surface area contributed by atoms with Crippen LogP contribution in [0.2, 0.25) is 0 Å². The highest BCUT2D eigenvalue weighted by molar-refractivity contribution is 6.24. The minimum Gasteiger partial charge on any atom is -0.465 e. The fourth-order valence-electron chi connectivity index (χ4n) is 2.59. The van der Waals surface area contributed by atoms with E-state index < -0.39 is 17.7 Å². The first-order valence-electron chi connectivity index (χ1n) is 8.39. The number of carbonyl (C=O) groups is 2. The van der Waals surface area contributed by atoms with E-state index in [1.54, 1.807) is 46.0 Å². The molecule has 0 saturated carbocycles. The maximum Gasteiger partial charge on any atom is 0.419 e. The number of aromatic nitrogens is 1. The second-order valence-electron chi connectivity index (χ2n) is 6.88. The zero-order valence-electron chi connectivity index (χ0n) is 16.4. The van der Waals surface area contributed by atoms with Crippen molar-refractivity contribution in [1.82, 2.24) is 4.57 Å². The molecular weight excluding hydrogens is 348 g/mol. The van der Waals surface area contributed by atoms with Crippen molar-refractivity contribution in [1.29, 1.82) is 0 Å². The molecule has 0 spiro atoms. The topological polar surface area (TPSA) is 79.1 Å². The van der Waals surface area contributed by atoms with Crippen LogP contribution in [0.4, 0.5) is 4.79 Å². The summed E-state index contributed by atoms with van der Waals surface area (Å²) in [5.41, 5.74) is 1.25. The molecule has 0 fully saturated rings. The number of fused-ring (bicyclic) bond motifs is 1. The van der Waals surface area contributed by atoms with Crippen LogP contribution in [0.25, 0.3) is 16.5 Å². The van der Waals surface area contributed by atoms with Crippen molar-refractivity contribution < 1.29 is 23.9 Å². The van der Waals surface area contributed by atoms with E-state index in [0.717, 1.165) is 0 Å². The normalized spacial score (nSPS) is 12.8. The van der Waals surface area contributed by atoms with E-state index in [9.17, 15) is 9.59 Å². The lowest BCUT2D eigenvalue weighted by Gasteiger charge is -2.19. The predicted octanol–water partition coefficient (Wildman–Crippen LogP) is 4.00. The molecular formula is C20H24N2O5. The zero-order chi connectivity index (χ0) is 20.2. The lowest BCUT2D eigenvalue weighted by molar-refractivity contribution is -0.133. The number of hydrogen-bond donors (Lipinski definition) is 0. The molecule has 0 N–H and O–H groups in total. The first-order valence-corrected chi connectivity index (χ1v) is 8.39. The second-order valence-corrected chi connectivity index (χ2v) is 6.88. The van der Waals surface area contributed by atoms with Gasteiger partial charge in [-0.1, -0.05) is 23.4 Å². The summed E-state index contributed by atoms with van der Waals surface area (Å²) in [5, 5.41) is 4.52. The first-order chi connectivity index (χ1) is 12.7. The molecule has 1 aromatic heterocycles. The van der Waals surface area contributed by atoms with E-state index in [2.05, 4.69) is 5.16 Å². The molecule has 7 heteroatoms. The van der Waals surface area contributed by atoms with Crippen LogP contribution in [-0.2, 0) is 19.1 Å². The van der Waals surface area contributed by atoms with Gasteiger partial charge in [0.15, 0.2) is 0 Å². The van der Waals surface area contributed by atoms with E-state index in [4.69, 9.17) is 14.3 Å². The molecule has 1 aromatic carbocycles. The Balaban J connectivity index is 2.68. The number of oxime groups is 1. The van der Waals surface area contributed by atoms with Crippen molar-refractivity contribution >= 4 is 34.3 Å². The van der Waals surface area contributed by atoms with Gasteiger partial charge < -0.3 is 14.3 Å². The summed E-state index contributed by atoms with van der Waals surface area (Å²) in [7, 11) is 2.72. The summed E-state index contributed by atoms with van der Waals surface area (Å²) < 4.78 is 11.8. The Kier molecular flexibility index (Phi) is 6.05. The molecule has 0 bridgehead atoms. The van der Waals surface area contributed by atoms with Crippen molar-refractivity contribution in [2.75, 3.05) is 14.2 Å². The molecule has 2 rings (SSSR count). The SMILES string of the molecule is CO/N=C(C)/C=C(/C(=O)OC)c1cn(C(=O)OC(C)(C)C)c2ccccc12. The van der Waals surface area contributed by atoms with Gasteiger partial charge in [-0.05, 0) is 39.8 Å². The Morgan fingerprint density at radius 2 is 1.81 bits per heavy atom. The van der Waals surface area contributed by atoms with Gasteiger partial charge in [-0.25, -0.2) is 9.59 Å². The van der Waals surface area contributed by atoms with Gasteiger partial charge in [0.05, 0.1) is 23.9 Å². The highest BCUT2D eigenvalue weighted by Crippen LogP contribution is 2.29. The number of benzene rings is 1. The summed E-state index contributed by atoms with van der Waals surface area (Å²) >= 11 is 0. The Morgan fingerprint density at radius 1 is 1.15 bits per heavy atom. The maximum atomic E-state index is 12.6. The monoisotopic (exact) mass is 372 g/mol. The number of rotatable bonds is 4. The third kappa shape index (κ3) is 4.75. The molecule has 2 aromatic rings. The lowest BCUT2D eigenvalue weighted by atomic mass is 10.0. The third-order valence-electron chi connectivity index (χ3n) is 3.59. The highest BCUT2D eigenvalue weighted by Gasteiger charge is 2.24. The molecule has 0 aliphatic heterocycles. The van der Waals surface area contributed by atoms with E-state index in [-0.39, 0.29) is 5.57 Å². The number of allylic oxidation sites excluding steroid dienone is 1. The molecule has 144 valence electrons. The molecule has 1 heterocycles. The van der Waals surface area contributed by atoms with Gasteiger partial charge in [0, 0.05) is 17.1 Å². The number of nitrogens with zero attached hydrogens (tertiary/aromatic N) is 2. The van der Waals surface area contributed by atoms with Crippen LogP contribution >= 0.6 is 0 Å². The van der Waals surface area contributed by atoms with Crippen LogP contribution in [0.1, 0.15) is 33.3 Å². The summed E-state index contributed by atoms with van der Waals surface area (Å²) in [6, 6.07) is 7.25. The number of esters is 1. The maximum absolute atomic E-state index is 12.6. The molecule has 0 atom stereocenters. The average molecular weight is 372 g/mol. The number of para-hydroxylation sites is 1. The Labute approximate surface area is 158 Å². The zero-order valence-corrected chi connectivity index (χ0v) is 16.4. The number of carbonyl (C=O) groups excluding carboxylic acids is 2. The van der Waals surface area contributed by atoms with Gasteiger partial charge >= 0.3 is 12.1 Å². The molecule has 0 aliphatic rings. The molecule has 7 nitrogen and oxygen atoms in total. The third-order valence-corrected chi connectivity index (χ3v) is 3.59. The van der Waals surface area contributed by atoms with Crippen molar-refractivity contribution in [3.8, 4) is 0 Å². The van der Waals surface area contributed by atoms with Gasteiger partial charge in [0.2, 0.25) is 0 Å². The van der Waals surface area contributed by atoms with E-state index >= 15 is 0 Å². The van der Waals surface area contributed by atoms with Crippen LogP contribution < -0.4 is 0 Å². The van der Waals surface area contributed by atoms with Crippen molar-refractivity contribution in [3.63, 3.8) is 0 Å². The molecule has 0 radical (unpaired) electrons. The van der Waals surface area contributed by atoms with Crippen molar-refractivity contribution in [2.24, 2.45) is 5.16 Å². The van der Waals surface area contributed by atoms with Gasteiger partial charge in [-0.15, -0.1) is 0 Å². The highest BCUT2D eigenvalue weighted by atomic mass is 16.6. The molecule has 0 unspecified atom stereocenters. The number of methoxy groups -OCH3 is 1. The van der Waals surface area contributed by atoms with Crippen LogP contribution in [-0.4, -0.2) is 42.2 Å². The van der Waals surface area contributed by atoms with E-state index in [1.165, 1.54) is 18.8 Å². The van der Waals surface area contributed by atoms with Gasteiger partial charge in [0.1, 0.15) is 12.7 Å². The summed E-state index contributed by atoms with van der Waals surface area (Å²) in [4.78, 5) is 29.8. The molecule has 27 heavy (non-hydrogen) atoms. The van der Waals surface area contributed by atoms with Crippen molar-refractivity contribution in [3.05, 3.63) is 42.1 Å². The first kappa shape index (κ1) is 20.2. The van der Waals surface area contributed by atoms with Gasteiger partial charge in [-0.2, -0.15) is 0 Å². The number of hydrogen-bond acceptors (Lipinski definition) is 6. The fraction of sp³-hybridized carbons (Fsp3) is 0.350. The fourth-order valence-corrected chi connectivity index (χ4v) is 2.59. The lowest BCUT2D eigenvalue weighted by Crippen LogP contribution is -2.26. The second kappa shape index (κ2) is 8.07. The van der Waals surface area contributed by atoms with E-state index in [0.29, 0.717) is 22.2 Å². The van der Waals surface area contributed by atoms with Crippen LogP contribution in [0.5, 0.6) is 0 Å². The van der Waals surface area contributed by atoms with Crippen LogP contribution in [0.3, 0.4) is 0 Å². The average Bonchev–Trinajstić information content (AvgIpc) is 2.97. The Morgan fingerprint density at radius 3 is 2.41 bits per heavy atom. The standard InChI is InChI=1S/C20H24N2O5/c1-13(21-26-6)11-15(18(23)25-5)16-12-22(19(24)27-20(2,3)4)17-10-8-7-9-14(16)17/h7-12H,1-6H3/b15-11+,21-13+. The smallest absolute Gasteiger partial charge is 0.419 e. The van der Waals surface area contributed by atoms with Crippen molar-refractivity contribution in [2.45, 2.75) is 33.3 Å². The Hall–Kier alpha value is -3.09.